The van der Waals surface area contributed by atoms with Gasteiger partial charge in [0.1, 0.15) is 5.52 Å². The van der Waals surface area contributed by atoms with E-state index in [0.29, 0.717) is 28.3 Å². The second-order valence-corrected chi connectivity index (χ2v) is 5.26. The van der Waals surface area contributed by atoms with E-state index in [0.717, 1.165) is 18.4 Å². The maximum atomic E-state index is 11.5. The Bertz CT molecular complexity index is 592. The highest BCUT2D eigenvalue weighted by Gasteiger charge is 2.23. The predicted molar refractivity (Wildman–Crippen MR) is 70.3 cm³/mol. The SMILES string of the molecule is Nc1ccc2oc(SCC(=O)NC3CC3)nc2c1. The third-order valence-corrected chi connectivity index (χ3v) is 3.49. The summed E-state index contributed by atoms with van der Waals surface area (Å²) in [6.45, 7) is 0. The number of oxazole rings is 1. The van der Waals surface area contributed by atoms with Gasteiger partial charge in [0.05, 0.1) is 5.75 Å². The number of nitrogens with one attached hydrogen (secondary N) is 1. The highest BCUT2D eigenvalue weighted by Crippen LogP contribution is 2.25. The lowest BCUT2D eigenvalue weighted by Gasteiger charge is -1.99. The summed E-state index contributed by atoms with van der Waals surface area (Å²) in [6.07, 6.45) is 2.19. The lowest BCUT2D eigenvalue weighted by Crippen LogP contribution is -2.26. The minimum atomic E-state index is 0.0317. The summed E-state index contributed by atoms with van der Waals surface area (Å²) in [5.74, 6) is 0.364. The molecule has 0 spiro atoms. The van der Waals surface area contributed by atoms with Gasteiger partial charge in [0, 0.05) is 11.7 Å². The number of benzene rings is 1. The molecule has 1 aliphatic rings. The molecule has 0 radical (unpaired) electrons. The van der Waals surface area contributed by atoms with E-state index >= 15 is 0 Å². The van der Waals surface area contributed by atoms with Crippen LogP contribution < -0.4 is 11.1 Å². The van der Waals surface area contributed by atoms with Gasteiger partial charge in [-0.2, -0.15) is 0 Å². The van der Waals surface area contributed by atoms with Crippen molar-refractivity contribution in [2.45, 2.75) is 24.1 Å². The molecule has 1 fully saturated rings. The first-order chi connectivity index (χ1) is 8.70. The summed E-state index contributed by atoms with van der Waals surface area (Å²) < 4.78 is 5.51. The molecule has 1 aliphatic carbocycles. The van der Waals surface area contributed by atoms with Crippen molar-refractivity contribution >= 4 is 34.5 Å². The molecular formula is C12H13N3O2S. The number of nitrogen functional groups attached to an aromatic ring is 1. The number of thioether (sulfide) groups is 1. The monoisotopic (exact) mass is 263 g/mol. The first-order valence-corrected chi connectivity index (χ1v) is 6.77. The Morgan fingerprint density at radius 3 is 3.17 bits per heavy atom. The minimum absolute atomic E-state index is 0.0317. The smallest absolute Gasteiger partial charge is 0.257 e. The second-order valence-electron chi connectivity index (χ2n) is 4.34. The molecule has 0 unspecified atom stereocenters. The summed E-state index contributed by atoms with van der Waals surface area (Å²) in [5, 5.41) is 3.42. The van der Waals surface area contributed by atoms with Crippen LogP contribution in [0, 0.1) is 0 Å². The molecule has 1 heterocycles. The second kappa shape index (κ2) is 4.53. The van der Waals surface area contributed by atoms with Crippen molar-refractivity contribution in [3.63, 3.8) is 0 Å². The minimum Gasteiger partial charge on any atom is -0.431 e. The standard InChI is InChI=1S/C12H13N3O2S/c13-7-1-4-10-9(5-7)15-12(17-10)18-6-11(16)14-8-2-3-8/h1,4-5,8H,2-3,6,13H2,(H,14,16). The lowest BCUT2D eigenvalue weighted by atomic mass is 10.3. The number of hydrogen-bond acceptors (Lipinski definition) is 5. The molecule has 3 N–H and O–H groups in total. The summed E-state index contributed by atoms with van der Waals surface area (Å²) in [7, 11) is 0. The summed E-state index contributed by atoms with van der Waals surface area (Å²) in [5.41, 5.74) is 7.73. The molecule has 5 nitrogen and oxygen atoms in total. The van der Waals surface area contributed by atoms with Crippen molar-refractivity contribution in [1.82, 2.24) is 10.3 Å². The Balaban J connectivity index is 1.64. The van der Waals surface area contributed by atoms with E-state index in [1.54, 1.807) is 18.2 Å². The number of nitrogens with two attached hydrogens (primary N) is 1. The highest BCUT2D eigenvalue weighted by atomic mass is 32.2. The Labute approximate surface area is 108 Å². The van der Waals surface area contributed by atoms with Crippen molar-refractivity contribution in [3.8, 4) is 0 Å². The van der Waals surface area contributed by atoms with Gasteiger partial charge in [-0.05, 0) is 31.0 Å². The number of rotatable bonds is 4. The van der Waals surface area contributed by atoms with E-state index in [1.807, 2.05) is 0 Å². The first kappa shape index (κ1) is 11.4. The van der Waals surface area contributed by atoms with Gasteiger partial charge >= 0.3 is 0 Å². The maximum absolute atomic E-state index is 11.5. The summed E-state index contributed by atoms with van der Waals surface area (Å²) in [6, 6.07) is 5.70. The number of carbonyl (C=O) groups excluding carboxylic acids is 1. The fraction of sp³-hybridized carbons (Fsp3) is 0.333. The van der Waals surface area contributed by atoms with Gasteiger partial charge in [-0.1, -0.05) is 11.8 Å². The Morgan fingerprint density at radius 1 is 1.56 bits per heavy atom. The summed E-state index contributed by atoms with van der Waals surface area (Å²) in [4.78, 5) is 15.8. The quantitative estimate of drug-likeness (QED) is 0.649. The van der Waals surface area contributed by atoms with Crippen molar-refractivity contribution in [2.75, 3.05) is 11.5 Å². The summed E-state index contributed by atoms with van der Waals surface area (Å²) >= 11 is 1.30. The Kier molecular flexibility index (Phi) is 2.87. The maximum Gasteiger partial charge on any atom is 0.257 e. The van der Waals surface area contributed by atoms with Crippen molar-refractivity contribution in [3.05, 3.63) is 18.2 Å². The molecule has 94 valence electrons. The molecule has 1 saturated carbocycles. The zero-order valence-corrected chi connectivity index (χ0v) is 10.5. The van der Waals surface area contributed by atoms with Gasteiger partial charge in [-0.15, -0.1) is 0 Å². The largest absolute Gasteiger partial charge is 0.431 e. The van der Waals surface area contributed by atoms with Crippen molar-refractivity contribution in [1.29, 1.82) is 0 Å². The zero-order valence-electron chi connectivity index (χ0n) is 9.68. The molecule has 3 rings (SSSR count). The average Bonchev–Trinajstić information content (AvgIpc) is 3.04. The number of nitrogens with zero attached hydrogens (tertiary/aromatic N) is 1. The van der Waals surface area contributed by atoms with Crippen LogP contribution >= 0.6 is 11.8 Å². The van der Waals surface area contributed by atoms with Gasteiger partial charge in [0.15, 0.2) is 5.58 Å². The third-order valence-electron chi connectivity index (χ3n) is 2.66. The van der Waals surface area contributed by atoms with E-state index in [1.165, 1.54) is 11.8 Å². The Morgan fingerprint density at radius 2 is 2.39 bits per heavy atom. The number of amides is 1. The van der Waals surface area contributed by atoms with Crippen LogP contribution in [0.2, 0.25) is 0 Å². The molecule has 6 heteroatoms. The van der Waals surface area contributed by atoms with Crippen LogP contribution in [-0.2, 0) is 4.79 Å². The van der Waals surface area contributed by atoms with E-state index < -0.39 is 0 Å². The molecule has 2 aromatic rings. The number of anilines is 1. The third kappa shape index (κ3) is 2.59. The Hall–Kier alpha value is -1.69. The van der Waals surface area contributed by atoms with Crippen molar-refractivity contribution < 1.29 is 9.21 Å². The van der Waals surface area contributed by atoms with E-state index in [2.05, 4.69) is 10.3 Å². The van der Waals surface area contributed by atoms with Crippen LogP contribution in [0.5, 0.6) is 0 Å². The van der Waals surface area contributed by atoms with Gasteiger partial charge in [-0.25, -0.2) is 4.98 Å². The average molecular weight is 263 g/mol. The molecule has 0 atom stereocenters. The predicted octanol–water partition coefficient (Wildman–Crippen LogP) is 1.78. The van der Waals surface area contributed by atoms with Crippen LogP contribution in [0.1, 0.15) is 12.8 Å². The fourth-order valence-electron chi connectivity index (χ4n) is 1.61. The molecule has 1 aromatic heterocycles. The number of hydrogen-bond donors (Lipinski definition) is 2. The highest BCUT2D eigenvalue weighted by molar-refractivity contribution is 7.99. The molecule has 0 aliphatic heterocycles. The van der Waals surface area contributed by atoms with Crippen LogP contribution in [0.4, 0.5) is 5.69 Å². The first-order valence-electron chi connectivity index (χ1n) is 5.79. The molecule has 0 saturated heterocycles. The normalized spacial score (nSPS) is 14.9. The molecular weight excluding hydrogens is 250 g/mol. The molecule has 1 aromatic carbocycles. The number of fused-ring (bicyclic) bond motifs is 1. The number of carbonyl (C=O) groups is 1. The number of aromatic nitrogens is 1. The fourth-order valence-corrected chi connectivity index (χ4v) is 2.26. The van der Waals surface area contributed by atoms with Crippen LogP contribution in [-0.4, -0.2) is 22.7 Å². The molecule has 1 amide bonds. The van der Waals surface area contributed by atoms with Crippen LogP contribution in [0.25, 0.3) is 11.1 Å². The molecule has 0 bridgehead atoms. The molecule has 18 heavy (non-hydrogen) atoms. The van der Waals surface area contributed by atoms with Crippen LogP contribution in [0.15, 0.2) is 27.8 Å². The van der Waals surface area contributed by atoms with Gasteiger partial charge < -0.3 is 15.5 Å². The van der Waals surface area contributed by atoms with Crippen LogP contribution in [0.3, 0.4) is 0 Å². The van der Waals surface area contributed by atoms with Gasteiger partial charge in [-0.3, -0.25) is 4.79 Å². The van der Waals surface area contributed by atoms with Gasteiger partial charge in [0.2, 0.25) is 5.91 Å². The lowest BCUT2D eigenvalue weighted by molar-refractivity contribution is -0.118. The zero-order chi connectivity index (χ0) is 12.5. The van der Waals surface area contributed by atoms with Crippen molar-refractivity contribution in [2.24, 2.45) is 0 Å². The van der Waals surface area contributed by atoms with E-state index in [4.69, 9.17) is 10.2 Å². The van der Waals surface area contributed by atoms with Gasteiger partial charge in [0.25, 0.3) is 5.22 Å². The van der Waals surface area contributed by atoms with E-state index in [9.17, 15) is 4.79 Å². The van der Waals surface area contributed by atoms with E-state index in [-0.39, 0.29) is 5.91 Å². The topological polar surface area (TPSA) is 81.1 Å².